The van der Waals surface area contributed by atoms with Gasteiger partial charge < -0.3 is 15.0 Å². The van der Waals surface area contributed by atoms with E-state index in [9.17, 15) is 9.18 Å². The Morgan fingerprint density at radius 2 is 1.58 bits per heavy atom. The highest BCUT2D eigenvalue weighted by molar-refractivity contribution is 5.89. The molecule has 1 N–H and O–H groups in total. The molecule has 0 aromatic heterocycles. The van der Waals surface area contributed by atoms with Gasteiger partial charge in [-0.25, -0.2) is 9.18 Å². The highest BCUT2D eigenvalue weighted by Crippen LogP contribution is 2.36. The van der Waals surface area contributed by atoms with Gasteiger partial charge in [0, 0.05) is 42.7 Å². The molecular formula is C30H30FN3O2. The largest absolute Gasteiger partial charge is 0.497 e. The fourth-order valence-corrected chi connectivity index (χ4v) is 4.96. The van der Waals surface area contributed by atoms with Gasteiger partial charge >= 0.3 is 6.03 Å². The van der Waals surface area contributed by atoms with Crippen molar-refractivity contribution >= 4 is 11.7 Å². The van der Waals surface area contributed by atoms with Crippen LogP contribution in [0.1, 0.15) is 35.4 Å². The van der Waals surface area contributed by atoms with Crippen LogP contribution in [0.3, 0.4) is 0 Å². The summed E-state index contributed by atoms with van der Waals surface area (Å²) >= 11 is 0. The molecule has 5 rings (SSSR count). The number of carbonyl (C=O) groups excluding carboxylic acids is 1. The summed E-state index contributed by atoms with van der Waals surface area (Å²) in [5, 5.41) is 2.75. The molecule has 2 heterocycles. The molecule has 0 bridgehead atoms. The lowest BCUT2D eigenvalue weighted by Gasteiger charge is -2.51. The summed E-state index contributed by atoms with van der Waals surface area (Å²) in [5.74, 6) is 7.19. The molecule has 2 amide bonds. The molecule has 2 aliphatic heterocycles. The van der Waals surface area contributed by atoms with E-state index in [-0.39, 0.29) is 17.8 Å². The van der Waals surface area contributed by atoms with Crippen LogP contribution in [0.25, 0.3) is 0 Å². The van der Waals surface area contributed by atoms with Crippen LogP contribution in [0, 0.1) is 17.7 Å². The van der Waals surface area contributed by atoms with E-state index in [1.165, 1.54) is 11.6 Å². The molecule has 3 aromatic rings. The van der Waals surface area contributed by atoms with E-state index in [4.69, 9.17) is 4.74 Å². The van der Waals surface area contributed by atoms with E-state index in [1.54, 1.807) is 25.3 Å². The zero-order chi connectivity index (χ0) is 24.9. The number of para-hydroxylation sites is 1. The third kappa shape index (κ3) is 5.37. The van der Waals surface area contributed by atoms with E-state index < -0.39 is 5.82 Å². The summed E-state index contributed by atoms with van der Waals surface area (Å²) in [6.45, 7) is 3.35. The van der Waals surface area contributed by atoms with Crippen LogP contribution in [0.4, 0.5) is 14.9 Å². The Morgan fingerprint density at radius 1 is 0.917 bits per heavy atom. The van der Waals surface area contributed by atoms with Crippen LogP contribution < -0.4 is 10.1 Å². The lowest BCUT2D eigenvalue weighted by molar-refractivity contribution is 0.0272. The number of benzene rings is 3. The minimum atomic E-state index is -0.420. The number of nitrogens with zero attached hydrogens (tertiary/aromatic N) is 2. The molecule has 2 atom stereocenters. The van der Waals surface area contributed by atoms with Crippen LogP contribution in [0.2, 0.25) is 0 Å². The van der Waals surface area contributed by atoms with Gasteiger partial charge in [0.15, 0.2) is 0 Å². The first kappa shape index (κ1) is 23.9. The minimum absolute atomic E-state index is 0.220. The molecule has 6 heteroatoms. The Bertz CT molecular complexity index is 1260. The van der Waals surface area contributed by atoms with Crippen LogP contribution in [0.5, 0.6) is 5.75 Å². The highest BCUT2D eigenvalue weighted by atomic mass is 19.1. The van der Waals surface area contributed by atoms with Crippen molar-refractivity contribution in [1.29, 1.82) is 0 Å². The summed E-state index contributed by atoms with van der Waals surface area (Å²) in [6.07, 6.45) is 1.99. The zero-order valence-corrected chi connectivity index (χ0v) is 20.4. The second kappa shape index (κ2) is 10.8. The van der Waals surface area contributed by atoms with Crippen LogP contribution in [-0.2, 0) is 0 Å². The van der Waals surface area contributed by atoms with Crippen molar-refractivity contribution in [2.75, 3.05) is 38.6 Å². The quantitative estimate of drug-likeness (QED) is 0.512. The predicted octanol–water partition coefficient (Wildman–Crippen LogP) is 5.33. The first-order valence-electron chi connectivity index (χ1n) is 12.4. The molecule has 36 heavy (non-hydrogen) atoms. The molecule has 2 aliphatic rings. The van der Waals surface area contributed by atoms with Crippen LogP contribution >= 0.6 is 0 Å². The van der Waals surface area contributed by atoms with Gasteiger partial charge in [-0.1, -0.05) is 36.1 Å². The molecule has 184 valence electrons. The lowest BCUT2D eigenvalue weighted by atomic mass is 9.81. The number of methoxy groups -OCH3 is 1. The van der Waals surface area contributed by atoms with Gasteiger partial charge in [0.25, 0.3) is 0 Å². The Morgan fingerprint density at radius 3 is 2.28 bits per heavy atom. The molecule has 0 spiro atoms. The predicted molar refractivity (Wildman–Crippen MR) is 140 cm³/mol. The summed E-state index contributed by atoms with van der Waals surface area (Å²) in [7, 11) is 1.65. The average Bonchev–Trinajstić information content (AvgIpc) is 2.89. The molecule has 0 saturated carbocycles. The fourth-order valence-electron chi connectivity index (χ4n) is 4.96. The van der Waals surface area contributed by atoms with Gasteiger partial charge in [0.2, 0.25) is 0 Å². The van der Waals surface area contributed by atoms with Crippen molar-refractivity contribution in [3.8, 4) is 17.6 Å². The van der Waals surface area contributed by atoms with Crippen molar-refractivity contribution in [1.82, 2.24) is 9.80 Å². The Hall–Kier alpha value is -3.82. The Labute approximate surface area is 211 Å². The number of hydrogen-bond acceptors (Lipinski definition) is 3. The highest BCUT2D eigenvalue weighted by Gasteiger charge is 2.41. The van der Waals surface area contributed by atoms with E-state index in [2.05, 4.69) is 46.3 Å². The first-order chi connectivity index (χ1) is 17.6. The zero-order valence-electron chi connectivity index (χ0n) is 20.4. The van der Waals surface area contributed by atoms with Gasteiger partial charge in [-0.3, -0.25) is 4.90 Å². The second-order valence-corrected chi connectivity index (χ2v) is 9.33. The van der Waals surface area contributed by atoms with Crippen LogP contribution in [-0.4, -0.2) is 55.2 Å². The maximum atomic E-state index is 14.1. The number of fused-ring (bicyclic) bond motifs is 1. The molecule has 3 aromatic carbocycles. The van der Waals surface area contributed by atoms with Gasteiger partial charge in [-0.2, -0.15) is 0 Å². The molecule has 2 saturated heterocycles. The van der Waals surface area contributed by atoms with Gasteiger partial charge in [0.1, 0.15) is 11.6 Å². The SMILES string of the molecule is COc1ccc(C#Cc2ccc(C3CN4CCCCN(C(=O)Nc5ccccc5F)CC34)cc2)cc1. The summed E-state index contributed by atoms with van der Waals surface area (Å²) in [6, 6.07) is 22.5. The first-order valence-corrected chi connectivity index (χ1v) is 12.4. The molecular weight excluding hydrogens is 453 g/mol. The fraction of sp³-hybridized carbons (Fsp3) is 0.300. The van der Waals surface area contributed by atoms with Crippen molar-refractivity contribution in [3.05, 3.63) is 95.3 Å². The smallest absolute Gasteiger partial charge is 0.321 e. The number of nitrogens with one attached hydrogen (secondary N) is 1. The van der Waals surface area contributed by atoms with Crippen molar-refractivity contribution in [2.24, 2.45) is 0 Å². The summed E-state index contributed by atoms with van der Waals surface area (Å²) < 4.78 is 19.2. The summed E-state index contributed by atoms with van der Waals surface area (Å²) in [4.78, 5) is 17.3. The summed E-state index contributed by atoms with van der Waals surface area (Å²) in [5.41, 5.74) is 3.39. The number of hydrogen-bond donors (Lipinski definition) is 1. The Kier molecular flexibility index (Phi) is 7.20. The third-order valence-electron chi connectivity index (χ3n) is 7.08. The molecule has 0 radical (unpaired) electrons. The Balaban J connectivity index is 1.25. The number of urea groups is 1. The molecule has 2 fully saturated rings. The maximum Gasteiger partial charge on any atom is 0.321 e. The normalized spacial score (nSPS) is 19.6. The standard InChI is InChI=1S/C30H30FN3O2/c1-36-25-16-12-23(13-17-25)9-8-22-10-14-24(15-11-22)26-20-33-18-4-5-19-34(21-29(26)33)30(35)32-28-7-3-2-6-27(28)31/h2-3,6-7,10-17,26,29H,4-5,18-21H2,1H3,(H,32,35). The number of amides is 2. The average molecular weight is 484 g/mol. The number of carbonyl (C=O) groups is 1. The van der Waals surface area contributed by atoms with Crippen molar-refractivity contribution < 1.29 is 13.9 Å². The van der Waals surface area contributed by atoms with Gasteiger partial charge in [-0.05, 0) is 73.5 Å². The minimum Gasteiger partial charge on any atom is -0.497 e. The van der Waals surface area contributed by atoms with E-state index in [0.29, 0.717) is 19.0 Å². The number of rotatable bonds is 3. The molecule has 2 unspecified atom stereocenters. The van der Waals surface area contributed by atoms with Crippen LogP contribution in [0.15, 0.2) is 72.8 Å². The van der Waals surface area contributed by atoms with Crippen molar-refractivity contribution in [2.45, 2.75) is 24.8 Å². The molecule has 0 aliphatic carbocycles. The second-order valence-electron chi connectivity index (χ2n) is 9.33. The van der Waals surface area contributed by atoms with E-state index in [1.807, 2.05) is 29.2 Å². The van der Waals surface area contributed by atoms with Gasteiger partial charge in [-0.15, -0.1) is 0 Å². The lowest BCUT2D eigenvalue weighted by Crippen LogP contribution is -2.61. The number of halogens is 1. The monoisotopic (exact) mass is 483 g/mol. The van der Waals surface area contributed by atoms with Gasteiger partial charge in [0.05, 0.1) is 12.8 Å². The number of anilines is 1. The topological polar surface area (TPSA) is 44.8 Å². The molecule has 5 nitrogen and oxygen atoms in total. The van der Waals surface area contributed by atoms with Crippen molar-refractivity contribution in [3.63, 3.8) is 0 Å². The third-order valence-corrected chi connectivity index (χ3v) is 7.08. The van der Waals surface area contributed by atoms with E-state index >= 15 is 0 Å². The van der Waals surface area contributed by atoms with E-state index in [0.717, 1.165) is 42.8 Å². The number of ether oxygens (including phenoxy) is 1. The maximum absolute atomic E-state index is 14.1.